The Morgan fingerprint density at radius 2 is 1.76 bits per heavy atom. The number of unbranched alkanes of at least 4 members (excludes halogenated alkanes) is 1. The first kappa shape index (κ1) is 17.6. The molecule has 3 heteroatoms. The summed E-state index contributed by atoms with van der Waals surface area (Å²) in [6.07, 6.45) is 2.48. The highest BCUT2D eigenvalue weighted by molar-refractivity contribution is 5.98. The fraction of sp³-hybridized carbons (Fsp3) is 0.556. The predicted octanol–water partition coefficient (Wildman–Crippen LogP) is 3.73. The minimum atomic E-state index is 0.0856. The van der Waals surface area contributed by atoms with Gasteiger partial charge in [-0.1, -0.05) is 37.6 Å². The summed E-state index contributed by atoms with van der Waals surface area (Å²) >= 11 is 0. The Bertz CT molecular complexity index is 482. The van der Waals surface area contributed by atoms with Crippen molar-refractivity contribution in [1.82, 2.24) is 0 Å². The van der Waals surface area contributed by atoms with E-state index < -0.39 is 0 Å². The van der Waals surface area contributed by atoms with Gasteiger partial charge in [0.15, 0.2) is 5.78 Å². The second-order valence-electron chi connectivity index (χ2n) is 6.55. The third-order valence-electron chi connectivity index (χ3n) is 3.54. The Labute approximate surface area is 129 Å². The van der Waals surface area contributed by atoms with Crippen molar-refractivity contribution >= 4 is 11.5 Å². The maximum Gasteiger partial charge on any atom is 0.184 e. The van der Waals surface area contributed by atoms with E-state index in [0.717, 1.165) is 22.3 Å². The summed E-state index contributed by atoms with van der Waals surface area (Å²) in [7, 11) is 4.51. The first-order valence-corrected chi connectivity index (χ1v) is 7.76. The van der Waals surface area contributed by atoms with Crippen LogP contribution in [0.2, 0.25) is 0 Å². The number of rotatable bonds is 8. The van der Waals surface area contributed by atoms with Crippen LogP contribution in [0.3, 0.4) is 0 Å². The molecule has 0 aliphatic rings. The van der Waals surface area contributed by atoms with E-state index in [4.69, 9.17) is 0 Å². The molecule has 0 atom stereocenters. The summed E-state index contributed by atoms with van der Waals surface area (Å²) < 4.78 is 0.987. The van der Waals surface area contributed by atoms with Crippen LogP contribution in [0.25, 0.3) is 0 Å². The van der Waals surface area contributed by atoms with E-state index in [-0.39, 0.29) is 12.3 Å². The van der Waals surface area contributed by atoms with Gasteiger partial charge in [0.2, 0.25) is 0 Å². The molecule has 1 aromatic rings. The van der Waals surface area contributed by atoms with Crippen LogP contribution in [-0.2, 0) is 6.54 Å². The van der Waals surface area contributed by atoms with Gasteiger partial charge in [-0.3, -0.25) is 9.79 Å². The van der Waals surface area contributed by atoms with Gasteiger partial charge >= 0.3 is 0 Å². The van der Waals surface area contributed by atoms with Crippen molar-refractivity contribution in [2.45, 2.75) is 40.2 Å². The fourth-order valence-corrected chi connectivity index (χ4v) is 2.28. The van der Waals surface area contributed by atoms with E-state index in [2.05, 4.69) is 38.1 Å². The first-order valence-electron chi connectivity index (χ1n) is 7.76. The maximum absolute atomic E-state index is 12.0. The average molecular weight is 289 g/mol. The fourth-order valence-electron chi connectivity index (χ4n) is 2.28. The largest absolute Gasteiger partial charge is 0.325 e. The van der Waals surface area contributed by atoms with Gasteiger partial charge in [0.25, 0.3) is 0 Å². The maximum atomic E-state index is 12.0. The van der Waals surface area contributed by atoms with Gasteiger partial charge in [0.05, 0.1) is 20.6 Å². The smallest absolute Gasteiger partial charge is 0.184 e. The number of carbonyl (C=O) groups excluding carboxylic acids is 1. The van der Waals surface area contributed by atoms with Crippen molar-refractivity contribution in [2.24, 2.45) is 4.99 Å². The third-order valence-corrected chi connectivity index (χ3v) is 3.54. The lowest BCUT2D eigenvalue weighted by Crippen LogP contribution is -2.39. The SMILES string of the molecule is CCCC[N+](C)(C)Cc1ccc(C(=O)CN=C(C)C)cc1. The molecule has 0 unspecified atom stereocenters. The summed E-state index contributed by atoms with van der Waals surface area (Å²) in [5.41, 5.74) is 2.97. The van der Waals surface area contributed by atoms with Gasteiger partial charge in [0, 0.05) is 16.8 Å². The Hall–Kier alpha value is -1.48. The Balaban J connectivity index is 2.65. The van der Waals surface area contributed by atoms with Crippen molar-refractivity contribution in [2.75, 3.05) is 27.2 Å². The topological polar surface area (TPSA) is 29.4 Å². The van der Waals surface area contributed by atoms with Crippen molar-refractivity contribution in [3.8, 4) is 0 Å². The molecule has 1 aromatic carbocycles. The lowest BCUT2D eigenvalue weighted by Gasteiger charge is -2.29. The van der Waals surface area contributed by atoms with E-state index >= 15 is 0 Å². The number of nitrogens with zero attached hydrogens (tertiary/aromatic N) is 2. The summed E-state index contributed by atoms with van der Waals surface area (Å²) in [6, 6.07) is 8.00. The van der Waals surface area contributed by atoms with Gasteiger partial charge in [-0.05, 0) is 20.3 Å². The molecular weight excluding hydrogens is 260 g/mol. The van der Waals surface area contributed by atoms with E-state index in [0.29, 0.717) is 0 Å². The minimum Gasteiger partial charge on any atom is -0.325 e. The molecule has 0 N–H and O–H groups in total. The summed E-state index contributed by atoms with van der Waals surface area (Å²) in [5, 5.41) is 0. The number of hydrogen-bond donors (Lipinski definition) is 0. The molecule has 0 saturated heterocycles. The van der Waals surface area contributed by atoms with Gasteiger partial charge in [0.1, 0.15) is 13.1 Å². The molecule has 0 saturated carbocycles. The van der Waals surface area contributed by atoms with Gasteiger partial charge in [-0.25, -0.2) is 0 Å². The molecule has 0 spiro atoms. The molecule has 0 aliphatic heterocycles. The number of carbonyl (C=O) groups is 1. The second kappa shape index (κ2) is 8.08. The molecule has 3 nitrogen and oxygen atoms in total. The van der Waals surface area contributed by atoms with Crippen LogP contribution in [0, 0.1) is 0 Å². The third kappa shape index (κ3) is 6.67. The molecule has 0 amide bonds. The highest BCUT2D eigenvalue weighted by atomic mass is 16.1. The van der Waals surface area contributed by atoms with Crippen LogP contribution in [-0.4, -0.2) is 43.2 Å². The van der Waals surface area contributed by atoms with Crippen LogP contribution in [0.5, 0.6) is 0 Å². The number of hydrogen-bond acceptors (Lipinski definition) is 2. The zero-order valence-electron chi connectivity index (χ0n) is 14.1. The monoisotopic (exact) mass is 289 g/mol. The number of benzene rings is 1. The molecule has 0 bridgehead atoms. The van der Waals surface area contributed by atoms with E-state index in [9.17, 15) is 4.79 Å². The highest BCUT2D eigenvalue weighted by Gasteiger charge is 2.15. The molecule has 0 heterocycles. The second-order valence-corrected chi connectivity index (χ2v) is 6.55. The molecule has 0 radical (unpaired) electrons. The molecule has 0 fully saturated rings. The van der Waals surface area contributed by atoms with Crippen molar-refractivity contribution in [3.63, 3.8) is 0 Å². The highest BCUT2D eigenvalue weighted by Crippen LogP contribution is 2.12. The molecule has 0 aromatic heterocycles. The summed E-state index contributed by atoms with van der Waals surface area (Å²) in [6.45, 7) is 8.47. The molecule has 0 aliphatic carbocycles. The van der Waals surface area contributed by atoms with Crippen LogP contribution < -0.4 is 0 Å². The van der Waals surface area contributed by atoms with Crippen molar-refractivity contribution < 1.29 is 9.28 Å². The quantitative estimate of drug-likeness (QED) is 0.407. The standard InChI is InChI=1S/C18H29N2O/c1-6-7-12-20(4,5)14-16-8-10-17(11-9-16)18(21)13-19-15(2)3/h8-11H,6-7,12-14H2,1-5H3/q+1. The van der Waals surface area contributed by atoms with E-state index in [1.165, 1.54) is 24.9 Å². The molecule has 1 rings (SSSR count). The van der Waals surface area contributed by atoms with Crippen LogP contribution in [0.4, 0.5) is 0 Å². The lowest BCUT2D eigenvalue weighted by molar-refractivity contribution is -0.903. The predicted molar refractivity (Wildman–Crippen MR) is 90.0 cm³/mol. The minimum absolute atomic E-state index is 0.0856. The van der Waals surface area contributed by atoms with Crippen LogP contribution >= 0.6 is 0 Å². The van der Waals surface area contributed by atoms with Crippen molar-refractivity contribution in [1.29, 1.82) is 0 Å². The molecule has 116 valence electrons. The van der Waals surface area contributed by atoms with Crippen LogP contribution in [0.15, 0.2) is 29.3 Å². The number of ketones is 1. The average Bonchev–Trinajstić information content (AvgIpc) is 2.43. The molecule has 21 heavy (non-hydrogen) atoms. The zero-order valence-corrected chi connectivity index (χ0v) is 14.1. The Morgan fingerprint density at radius 3 is 2.29 bits per heavy atom. The number of Topliss-reactive ketones (excluding diaryl/α,β-unsaturated/α-hetero) is 1. The Kier molecular flexibility index (Phi) is 6.76. The van der Waals surface area contributed by atoms with Gasteiger partial charge in [-0.2, -0.15) is 0 Å². The summed E-state index contributed by atoms with van der Waals surface area (Å²) in [5.74, 6) is 0.0856. The number of aliphatic imine (C=N–C) groups is 1. The lowest BCUT2D eigenvalue weighted by atomic mass is 10.1. The van der Waals surface area contributed by atoms with Crippen molar-refractivity contribution in [3.05, 3.63) is 35.4 Å². The Morgan fingerprint density at radius 1 is 1.14 bits per heavy atom. The van der Waals surface area contributed by atoms with Crippen LogP contribution in [0.1, 0.15) is 49.5 Å². The normalized spacial score (nSPS) is 11.3. The number of quaternary nitrogens is 1. The zero-order chi connectivity index (χ0) is 15.9. The van der Waals surface area contributed by atoms with Gasteiger partial charge < -0.3 is 4.48 Å². The van der Waals surface area contributed by atoms with Gasteiger partial charge in [-0.15, -0.1) is 0 Å². The molecular formula is C18H29N2O+. The first-order chi connectivity index (χ1) is 9.84. The summed E-state index contributed by atoms with van der Waals surface area (Å²) in [4.78, 5) is 16.2. The van der Waals surface area contributed by atoms with E-state index in [1.807, 2.05) is 26.0 Å². The van der Waals surface area contributed by atoms with E-state index in [1.54, 1.807) is 0 Å².